The van der Waals surface area contributed by atoms with E-state index in [1.54, 1.807) is 0 Å². The summed E-state index contributed by atoms with van der Waals surface area (Å²) in [4.78, 5) is 0. The molecule has 0 amide bonds. The Morgan fingerprint density at radius 3 is 2.32 bits per heavy atom. The van der Waals surface area contributed by atoms with Gasteiger partial charge in [-0.3, -0.25) is 0 Å². The van der Waals surface area contributed by atoms with E-state index < -0.39 is 0 Å². The molecule has 0 saturated heterocycles. The molecule has 3 heteroatoms. The van der Waals surface area contributed by atoms with Gasteiger partial charge in [0.1, 0.15) is 5.75 Å². The van der Waals surface area contributed by atoms with Crippen molar-refractivity contribution in [3.8, 4) is 5.75 Å². The Bertz CT molecular complexity index is 350. The molecule has 2 N–H and O–H groups in total. The molecule has 0 spiro atoms. The van der Waals surface area contributed by atoms with Gasteiger partial charge in [-0.1, -0.05) is 39.8 Å². The second kappa shape index (κ2) is 8.49. The zero-order valence-corrected chi connectivity index (χ0v) is 13.4. The first kappa shape index (κ1) is 16.4. The van der Waals surface area contributed by atoms with Gasteiger partial charge >= 0.3 is 0 Å². The van der Waals surface area contributed by atoms with E-state index in [0.29, 0.717) is 11.2 Å². The van der Waals surface area contributed by atoms with Crippen molar-refractivity contribution < 1.29 is 4.74 Å². The van der Waals surface area contributed by atoms with Gasteiger partial charge in [0, 0.05) is 17.0 Å². The number of hydrogen-bond acceptors (Lipinski definition) is 3. The van der Waals surface area contributed by atoms with E-state index in [9.17, 15) is 0 Å². The van der Waals surface area contributed by atoms with Gasteiger partial charge in [0.05, 0.1) is 6.61 Å². The Morgan fingerprint density at radius 2 is 1.79 bits per heavy atom. The smallest absolute Gasteiger partial charge is 0.119 e. The van der Waals surface area contributed by atoms with E-state index in [0.717, 1.165) is 24.5 Å². The molecule has 0 radical (unpaired) electrons. The van der Waals surface area contributed by atoms with Crippen LogP contribution < -0.4 is 10.5 Å². The molecule has 0 saturated carbocycles. The third-order valence-electron chi connectivity index (χ3n) is 3.26. The van der Waals surface area contributed by atoms with E-state index in [4.69, 9.17) is 10.5 Å². The number of ether oxygens (including phenoxy) is 1. The molecule has 2 nitrogen and oxygen atoms in total. The third-order valence-corrected chi connectivity index (χ3v) is 4.88. The summed E-state index contributed by atoms with van der Waals surface area (Å²) in [6.07, 6.45) is 1.03. The molecule has 0 heterocycles. The van der Waals surface area contributed by atoms with Gasteiger partial charge in [-0.15, -0.1) is 0 Å². The van der Waals surface area contributed by atoms with Crippen molar-refractivity contribution in [2.24, 2.45) is 11.7 Å². The fraction of sp³-hybridized carbons (Fsp3) is 0.625. The maximum Gasteiger partial charge on any atom is 0.119 e. The van der Waals surface area contributed by atoms with Crippen molar-refractivity contribution in [1.82, 2.24) is 0 Å². The second-order valence-corrected chi connectivity index (χ2v) is 6.72. The van der Waals surface area contributed by atoms with E-state index in [1.807, 2.05) is 23.9 Å². The fourth-order valence-corrected chi connectivity index (χ4v) is 2.66. The van der Waals surface area contributed by atoms with Crippen LogP contribution in [0.1, 0.15) is 45.7 Å². The molecule has 2 unspecified atom stereocenters. The summed E-state index contributed by atoms with van der Waals surface area (Å²) < 4.78 is 5.57. The van der Waals surface area contributed by atoms with Crippen LogP contribution in [0.25, 0.3) is 0 Å². The third kappa shape index (κ3) is 5.87. The minimum absolute atomic E-state index is 0.103. The van der Waals surface area contributed by atoms with Crippen LogP contribution in [-0.4, -0.2) is 17.6 Å². The number of nitrogens with two attached hydrogens (primary N) is 1. The highest BCUT2D eigenvalue weighted by Crippen LogP contribution is 2.24. The molecule has 1 rings (SSSR count). The lowest BCUT2D eigenvalue weighted by Gasteiger charge is -2.18. The second-order valence-electron chi connectivity index (χ2n) is 5.31. The zero-order chi connectivity index (χ0) is 14.3. The Kier molecular flexibility index (Phi) is 7.32. The minimum atomic E-state index is 0.103. The standard InChI is InChI=1S/C16H27NOS/c1-5-10-18-15-8-6-14(7-9-15)16(17)11-19-13(4)12(2)3/h6-9,12-13,16H,5,10-11,17H2,1-4H3. The van der Waals surface area contributed by atoms with Crippen molar-refractivity contribution in [3.63, 3.8) is 0 Å². The Balaban J connectivity index is 2.46. The molecule has 0 aliphatic carbocycles. The number of benzene rings is 1. The van der Waals surface area contributed by atoms with Crippen molar-refractivity contribution in [2.75, 3.05) is 12.4 Å². The van der Waals surface area contributed by atoms with Crippen molar-refractivity contribution in [2.45, 2.75) is 45.4 Å². The Morgan fingerprint density at radius 1 is 1.16 bits per heavy atom. The molecule has 0 aliphatic heterocycles. The van der Waals surface area contributed by atoms with Crippen LogP contribution in [-0.2, 0) is 0 Å². The van der Waals surface area contributed by atoms with Gasteiger partial charge in [-0.2, -0.15) is 11.8 Å². The van der Waals surface area contributed by atoms with E-state index >= 15 is 0 Å². The average molecular weight is 281 g/mol. The molecule has 0 bridgehead atoms. The SMILES string of the molecule is CCCOc1ccc(C(N)CSC(C)C(C)C)cc1. The van der Waals surface area contributed by atoms with Gasteiger partial charge < -0.3 is 10.5 Å². The van der Waals surface area contributed by atoms with Gasteiger partial charge in [0.25, 0.3) is 0 Å². The molecule has 108 valence electrons. The number of rotatable bonds is 8. The molecule has 0 aliphatic rings. The van der Waals surface area contributed by atoms with Crippen LogP contribution >= 0.6 is 11.8 Å². The Hall–Kier alpha value is -0.670. The van der Waals surface area contributed by atoms with E-state index in [2.05, 4.69) is 39.8 Å². The summed E-state index contributed by atoms with van der Waals surface area (Å²) in [6.45, 7) is 9.65. The van der Waals surface area contributed by atoms with Crippen LogP contribution in [0, 0.1) is 5.92 Å². The first-order valence-corrected chi connectivity index (χ1v) is 8.19. The Labute approximate surface area is 122 Å². The topological polar surface area (TPSA) is 35.2 Å². The van der Waals surface area contributed by atoms with Gasteiger partial charge in [-0.05, 0) is 30.0 Å². The van der Waals surface area contributed by atoms with Crippen LogP contribution in [0.2, 0.25) is 0 Å². The van der Waals surface area contributed by atoms with Gasteiger partial charge in [-0.25, -0.2) is 0 Å². The quantitative estimate of drug-likeness (QED) is 0.773. The molecule has 1 aromatic rings. The largest absolute Gasteiger partial charge is 0.494 e. The molecular formula is C16H27NOS. The summed E-state index contributed by atoms with van der Waals surface area (Å²) >= 11 is 1.95. The average Bonchev–Trinajstić information content (AvgIpc) is 2.42. The normalized spacial score (nSPS) is 14.4. The molecular weight excluding hydrogens is 254 g/mol. The van der Waals surface area contributed by atoms with Crippen LogP contribution in [0.5, 0.6) is 5.75 Å². The summed E-state index contributed by atoms with van der Waals surface area (Å²) in [7, 11) is 0. The monoisotopic (exact) mass is 281 g/mol. The molecule has 19 heavy (non-hydrogen) atoms. The number of thioether (sulfide) groups is 1. The van der Waals surface area contributed by atoms with Crippen molar-refractivity contribution >= 4 is 11.8 Å². The first-order valence-electron chi connectivity index (χ1n) is 7.14. The maximum absolute atomic E-state index is 6.23. The number of hydrogen-bond donors (Lipinski definition) is 1. The van der Waals surface area contributed by atoms with Crippen molar-refractivity contribution in [1.29, 1.82) is 0 Å². The minimum Gasteiger partial charge on any atom is -0.494 e. The predicted octanol–water partition coefficient (Wildman–Crippen LogP) is 4.25. The lowest BCUT2D eigenvalue weighted by molar-refractivity contribution is 0.317. The highest BCUT2D eigenvalue weighted by atomic mass is 32.2. The van der Waals surface area contributed by atoms with Crippen LogP contribution in [0.15, 0.2) is 24.3 Å². The molecule has 0 aromatic heterocycles. The fourth-order valence-electron chi connectivity index (χ4n) is 1.58. The van der Waals surface area contributed by atoms with Crippen LogP contribution in [0.4, 0.5) is 0 Å². The zero-order valence-electron chi connectivity index (χ0n) is 12.6. The first-order chi connectivity index (χ1) is 9.04. The molecule has 2 atom stereocenters. The highest BCUT2D eigenvalue weighted by Gasteiger charge is 2.11. The van der Waals surface area contributed by atoms with Gasteiger partial charge in [0.2, 0.25) is 0 Å². The summed E-state index contributed by atoms with van der Waals surface area (Å²) in [5.74, 6) is 2.59. The maximum atomic E-state index is 6.23. The lowest BCUT2D eigenvalue weighted by Crippen LogP contribution is -2.16. The van der Waals surface area contributed by atoms with E-state index in [1.165, 1.54) is 5.56 Å². The van der Waals surface area contributed by atoms with Crippen LogP contribution in [0.3, 0.4) is 0 Å². The molecule has 1 aromatic carbocycles. The van der Waals surface area contributed by atoms with Gasteiger partial charge in [0.15, 0.2) is 0 Å². The van der Waals surface area contributed by atoms with Crippen molar-refractivity contribution in [3.05, 3.63) is 29.8 Å². The van der Waals surface area contributed by atoms with E-state index in [-0.39, 0.29) is 6.04 Å². The predicted molar refractivity (Wildman–Crippen MR) is 85.9 cm³/mol. The summed E-state index contributed by atoms with van der Waals surface area (Å²) in [5.41, 5.74) is 7.42. The highest BCUT2D eigenvalue weighted by molar-refractivity contribution is 7.99. The lowest BCUT2D eigenvalue weighted by atomic mass is 10.1. The summed E-state index contributed by atoms with van der Waals surface area (Å²) in [5, 5.41) is 0.651. The summed E-state index contributed by atoms with van der Waals surface area (Å²) in [6, 6.07) is 8.29. The molecule has 0 fully saturated rings.